The number of nitrogens with one attached hydrogen (secondary N) is 1. The summed E-state index contributed by atoms with van der Waals surface area (Å²) in [5.74, 6) is -0.203. The van der Waals surface area contributed by atoms with Crippen molar-refractivity contribution >= 4 is 28.3 Å². The van der Waals surface area contributed by atoms with Gasteiger partial charge in [-0.2, -0.15) is 5.10 Å². The van der Waals surface area contributed by atoms with Gasteiger partial charge in [0.05, 0.1) is 6.10 Å². The van der Waals surface area contributed by atoms with Gasteiger partial charge in [-0.15, -0.1) is 11.3 Å². The number of benzene rings is 1. The van der Waals surface area contributed by atoms with Crippen molar-refractivity contribution in [2.45, 2.75) is 31.9 Å². The lowest BCUT2D eigenvalue weighted by atomic mass is 9.95. The summed E-state index contributed by atoms with van der Waals surface area (Å²) in [6.07, 6.45) is 4.67. The van der Waals surface area contributed by atoms with Crippen LogP contribution in [0.4, 0.5) is 5.13 Å². The number of aryl methyl sites for hydroxylation is 1. The number of ether oxygens (including phenoxy) is 1. The lowest BCUT2D eigenvalue weighted by molar-refractivity contribution is -0.0233. The second-order valence-corrected chi connectivity index (χ2v) is 8.28. The average molecular weight is 440 g/mol. The Morgan fingerprint density at radius 3 is 2.71 bits per heavy atom. The Balaban J connectivity index is 1.43. The average Bonchev–Trinajstić information content (AvgIpc) is 3.46. The van der Waals surface area contributed by atoms with Gasteiger partial charge in [0.1, 0.15) is 5.69 Å². The molecule has 0 radical (unpaired) electrons. The first-order valence-corrected chi connectivity index (χ1v) is 11.2. The van der Waals surface area contributed by atoms with Crippen LogP contribution in [0.25, 0.3) is 0 Å². The molecule has 2 aromatic heterocycles. The molecule has 1 aliphatic rings. The minimum atomic E-state index is -0.192. The third-order valence-corrected chi connectivity index (χ3v) is 6.22. The first kappa shape index (κ1) is 21.2. The monoisotopic (exact) mass is 439 g/mol. The van der Waals surface area contributed by atoms with Crippen molar-refractivity contribution in [1.29, 1.82) is 0 Å². The fourth-order valence-electron chi connectivity index (χ4n) is 3.90. The van der Waals surface area contributed by atoms with E-state index in [1.54, 1.807) is 42.3 Å². The van der Waals surface area contributed by atoms with Gasteiger partial charge in [0.2, 0.25) is 0 Å². The number of thiazole rings is 1. The third kappa shape index (κ3) is 4.67. The number of rotatable bonds is 6. The molecule has 0 aliphatic carbocycles. The van der Waals surface area contributed by atoms with Gasteiger partial charge < -0.3 is 9.64 Å². The molecule has 0 spiro atoms. The fourth-order valence-corrected chi connectivity index (χ4v) is 4.42. The minimum Gasteiger partial charge on any atom is -0.373 e. The van der Waals surface area contributed by atoms with Crippen LogP contribution in [0.2, 0.25) is 0 Å². The Bertz CT molecular complexity index is 1030. The van der Waals surface area contributed by atoms with Gasteiger partial charge in [-0.1, -0.05) is 12.1 Å². The number of amides is 2. The Morgan fingerprint density at radius 2 is 2.06 bits per heavy atom. The van der Waals surface area contributed by atoms with Gasteiger partial charge in [0, 0.05) is 49.6 Å². The molecule has 0 saturated carbocycles. The number of nitrogens with zero attached hydrogens (tertiary/aromatic N) is 4. The van der Waals surface area contributed by atoms with Crippen LogP contribution in [-0.2, 0) is 11.8 Å². The smallest absolute Gasteiger partial charge is 0.272 e. The summed E-state index contributed by atoms with van der Waals surface area (Å²) >= 11 is 1.38. The maximum Gasteiger partial charge on any atom is 0.272 e. The molecule has 1 fully saturated rings. The number of hydrogen-bond donors (Lipinski definition) is 1. The maximum atomic E-state index is 13.0. The van der Waals surface area contributed by atoms with E-state index in [4.69, 9.17) is 4.74 Å². The van der Waals surface area contributed by atoms with E-state index in [9.17, 15) is 9.59 Å². The molecule has 3 heterocycles. The van der Waals surface area contributed by atoms with E-state index >= 15 is 0 Å². The SMILES string of the molecule is CCN(C(=O)c1ccnn1C)[C@@H]1CCO[C@H](c2ccc(C(=O)Nc3nccs3)cc2)C1. The van der Waals surface area contributed by atoms with Crippen molar-refractivity contribution in [2.24, 2.45) is 7.05 Å². The molecule has 4 rings (SSSR count). The van der Waals surface area contributed by atoms with E-state index in [1.165, 1.54) is 11.3 Å². The first-order valence-electron chi connectivity index (χ1n) is 10.3. The van der Waals surface area contributed by atoms with Crippen LogP contribution in [-0.4, -0.2) is 50.7 Å². The second kappa shape index (κ2) is 9.40. The van der Waals surface area contributed by atoms with E-state index in [2.05, 4.69) is 15.4 Å². The zero-order valence-electron chi connectivity index (χ0n) is 17.5. The van der Waals surface area contributed by atoms with Gasteiger partial charge in [-0.25, -0.2) is 4.98 Å². The van der Waals surface area contributed by atoms with Gasteiger partial charge in [0.15, 0.2) is 5.13 Å². The van der Waals surface area contributed by atoms with Crippen LogP contribution in [0, 0.1) is 0 Å². The second-order valence-electron chi connectivity index (χ2n) is 7.38. The molecule has 0 bridgehead atoms. The Morgan fingerprint density at radius 1 is 1.26 bits per heavy atom. The fraction of sp³-hybridized carbons (Fsp3) is 0.364. The summed E-state index contributed by atoms with van der Waals surface area (Å²) in [5.41, 5.74) is 2.15. The molecule has 2 amide bonds. The summed E-state index contributed by atoms with van der Waals surface area (Å²) in [4.78, 5) is 31.4. The normalized spacial score (nSPS) is 18.5. The van der Waals surface area contributed by atoms with Crippen molar-refractivity contribution in [3.8, 4) is 0 Å². The van der Waals surface area contributed by atoms with Crippen LogP contribution in [0.3, 0.4) is 0 Å². The molecule has 31 heavy (non-hydrogen) atoms. The van der Waals surface area contributed by atoms with E-state index in [0.717, 1.165) is 12.0 Å². The molecule has 1 N–H and O–H groups in total. The van der Waals surface area contributed by atoms with Crippen LogP contribution in [0.5, 0.6) is 0 Å². The molecule has 1 saturated heterocycles. The highest BCUT2D eigenvalue weighted by Gasteiger charge is 2.31. The summed E-state index contributed by atoms with van der Waals surface area (Å²) in [6, 6.07) is 9.26. The van der Waals surface area contributed by atoms with Gasteiger partial charge >= 0.3 is 0 Å². The zero-order valence-corrected chi connectivity index (χ0v) is 18.3. The van der Waals surface area contributed by atoms with Crippen molar-refractivity contribution in [1.82, 2.24) is 19.7 Å². The van der Waals surface area contributed by atoms with Gasteiger partial charge in [-0.05, 0) is 43.5 Å². The molecular formula is C22H25N5O3S. The summed E-state index contributed by atoms with van der Waals surface area (Å²) < 4.78 is 7.61. The number of aromatic nitrogens is 3. The quantitative estimate of drug-likeness (QED) is 0.635. The van der Waals surface area contributed by atoms with E-state index in [-0.39, 0.29) is 24.0 Å². The molecule has 0 unspecified atom stereocenters. The molecule has 1 aromatic carbocycles. The van der Waals surface area contributed by atoms with Crippen molar-refractivity contribution in [3.63, 3.8) is 0 Å². The summed E-state index contributed by atoms with van der Waals surface area (Å²) in [7, 11) is 1.78. The van der Waals surface area contributed by atoms with Gasteiger partial charge in [0.25, 0.3) is 11.8 Å². The lowest BCUT2D eigenvalue weighted by Crippen LogP contribution is -2.44. The molecule has 2 atom stereocenters. The highest BCUT2D eigenvalue weighted by atomic mass is 32.1. The Labute approximate surface area is 184 Å². The van der Waals surface area contributed by atoms with E-state index < -0.39 is 0 Å². The molecule has 162 valence electrons. The molecule has 1 aliphatic heterocycles. The highest BCUT2D eigenvalue weighted by Crippen LogP contribution is 2.31. The van der Waals surface area contributed by atoms with Crippen LogP contribution in [0.15, 0.2) is 48.1 Å². The van der Waals surface area contributed by atoms with E-state index in [0.29, 0.717) is 36.0 Å². The molecular weight excluding hydrogens is 414 g/mol. The van der Waals surface area contributed by atoms with Crippen LogP contribution < -0.4 is 5.32 Å². The van der Waals surface area contributed by atoms with Crippen molar-refractivity contribution < 1.29 is 14.3 Å². The molecule has 8 nitrogen and oxygen atoms in total. The minimum absolute atomic E-state index is 0.0117. The number of anilines is 1. The Hall–Kier alpha value is -3.04. The molecule has 3 aromatic rings. The predicted molar refractivity (Wildman–Crippen MR) is 118 cm³/mol. The topological polar surface area (TPSA) is 89.4 Å². The summed E-state index contributed by atoms with van der Waals surface area (Å²) in [5, 5.41) is 9.29. The number of hydrogen-bond acceptors (Lipinski definition) is 6. The highest BCUT2D eigenvalue weighted by molar-refractivity contribution is 7.13. The summed E-state index contributed by atoms with van der Waals surface area (Å²) in [6.45, 7) is 3.20. The van der Waals surface area contributed by atoms with Crippen LogP contribution >= 0.6 is 11.3 Å². The lowest BCUT2D eigenvalue weighted by Gasteiger charge is -2.37. The molecule has 9 heteroatoms. The van der Waals surface area contributed by atoms with Crippen LogP contribution in [0.1, 0.15) is 52.3 Å². The first-order chi connectivity index (χ1) is 15.1. The van der Waals surface area contributed by atoms with Crippen molar-refractivity contribution in [3.05, 3.63) is 64.9 Å². The number of carbonyl (C=O) groups excluding carboxylic acids is 2. The third-order valence-electron chi connectivity index (χ3n) is 5.54. The maximum absolute atomic E-state index is 13.0. The number of carbonyl (C=O) groups is 2. The predicted octanol–water partition coefficient (Wildman–Crippen LogP) is 3.51. The zero-order chi connectivity index (χ0) is 21.8. The van der Waals surface area contributed by atoms with E-state index in [1.807, 2.05) is 29.3 Å². The Kier molecular flexibility index (Phi) is 6.43. The van der Waals surface area contributed by atoms with Crippen molar-refractivity contribution in [2.75, 3.05) is 18.5 Å². The van der Waals surface area contributed by atoms with Gasteiger partial charge in [-0.3, -0.25) is 19.6 Å². The largest absolute Gasteiger partial charge is 0.373 e. The standard InChI is InChI=1S/C22H25N5O3S/c1-3-27(21(29)18-8-10-24-26(18)2)17-9-12-30-19(14-17)15-4-6-16(7-5-15)20(28)25-22-23-11-13-31-22/h4-8,10-11,13,17,19H,3,9,12,14H2,1-2H3,(H,23,25,28)/t17-,19+/m1/s1.